The lowest BCUT2D eigenvalue weighted by atomic mass is 10.0. The van der Waals surface area contributed by atoms with Crippen molar-refractivity contribution in [3.8, 4) is 0 Å². The predicted molar refractivity (Wildman–Crippen MR) is 132 cm³/mol. The van der Waals surface area contributed by atoms with Crippen molar-refractivity contribution < 1.29 is 14.0 Å². The van der Waals surface area contributed by atoms with E-state index < -0.39 is 6.04 Å². The first kappa shape index (κ1) is 24.6. The Bertz CT molecular complexity index is 1040. The van der Waals surface area contributed by atoms with Gasteiger partial charge in [-0.15, -0.1) is 0 Å². The molecule has 0 aliphatic carbocycles. The molecule has 0 bridgehead atoms. The standard InChI is InChI=1S/C27H28BrFN2O2/c1-2-16-30-27(33)25(17-20-6-4-3-5-7-20)31(19-22-8-12-23(28)13-9-22)26(32)18-21-10-14-24(29)15-11-21/h3-15,25H,2,16-19H2,1H3,(H,30,33)/t25-/m1/s1. The van der Waals surface area contributed by atoms with Crippen molar-refractivity contribution >= 4 is 27.7 Å². The third-order valence-electron chi connectivity index (χ3n) is 5.36. The molecule has 0 aliphatic rings. The molecule has 3 aromatic carbocycles. The molecule has 2 amide bonds. The van der Waals surface area contributed by atoms with Crippen LogP contribution in [0.1, 0.15) is 30.0 Å². The zero-order chi connectivity index (χ0) is 23.6. The van der Waals surface area contributed by atoms with Crippen molar-refractivity contribution in [3.05, 3.63) is 106 Å². The summed E-state index contributed by atoms with van der Waals surface area (Å²) in [6, 6.07) is 22.6. The molecule has 172 valence electrons. The van der Waals surface area contributed by atoms with Crippen molar-refractivity contribution in [1.29, 1.82) is 0 Å². The van der Waals surface area contributed by atoms with E-state index in [1.54, 1.807) is 17.0 Å². The van der Waals surface area contributed by atoms with Crippen molar-refractivity contribution in [2.45, 2.75) is 38.8 Å². The van der Waals surface area contributed by atoms with E-state index in [4.69, 9.17) is 0 Å². The van der Waals surface area contributed by atoms with Gasteiger partial charge in [-0.1, -0.05) is 77.5 Å². The van der Waals surface area contributed by atoms with Crippen molar-refractivity contribution in [1.82, 2.24) is 10.2 Å². The molecule has 0 fully saturated rings. The number of benzene rings is 3. The molecule has 3 rings (SSSR count). The first-order chi connectivity index (χ1) is 16.0. The van der Waals surface area contributed by atoms with Crippen LogP contribution in [0.3, 0.4) is 0 Å². The molecule has 4 nitrogen and oxygen atoms in total. The van der Waals surface area contributed by atoms with Gasteiger partial charge in [-0.25, -0.2) is 4.39 Å². The van der Waals surface area contributed by atoms with Crippen LogP contribution in [0.15, 0.2) is 83.3 Å². The van der Waals surface area contributed by atoms with Crippen molar-refractivity contribution in [2.75, 3.05) is 6.54 Å². The highest BCUT2D eigenvalue weighted by Gasteiger charge is 2.30. The van der Waals surface area contributed by atoms with E-state index in [-0.39, 0.29) is 24.1 Å². The number of hydrogen-bond acceptors (Lipinski definition) is 2. The SMILES string of the molecule is CCCNC(=O)[C@@H](Cc1ccccc1)N(Cc1ccc(Br)cc1)C(=O)Cc1ccc(F)cc1. The molecule has 0 spiro atoms. The number of carbonyl (C=O) groups is 2. The van der Waals surface area contributed by atoms with Crippen LogP contribution in [0.4, 0.5) is 4.39 Å². The fraction of sp³-hybridized carbons (Fsp3) is 0.259. The van der Waals surface area contributed by atoms with Crippen LogP contribution in [0.25, 0.3) is 0 Å². The molecule has 33 heavy (non-hydrogen) atoms. The van der Waals surface area contributed by atoms with E-state index in [0.717, 1.165) is 22.0 Å². The van der Waals surface area contributed by atoms with Crippen LogP contribution < -0.4 is 5.32 Å². The van der Waals surface area contributed by atoms with Crippen molar-refractivity contribution in [3.63, 3.8) is 0 Å². The van der Waals surface area contributed by atoms with Gasteiger partial charge in [0.2, 0.25) is 11.8 Å². The Morgan fingerprint density at radius 1 is 0.909 bits per heavy atom. The van der Waals surface area contributed by atoms with Crippen LogP contribution >= 0.6 is 15.9 Å². The molecule has 1 N–H and O–H groups in total. The van der Waals surface area contributed by atoms with E-state index >= 15 is 0 Å². The lowest BCUT2D eigenvalue weighted by Crippen LogP contribution is -2.51. The van der Waals surface area contributed by atoms with Crippen LogP contribution in [-0.4, -0.2) is 29.3 Å². The Kier molecular flexibility index (Phi) is 9.19. The summed E-state index contributed by atoms with van der Waals surface area (Å²) in [5, 5.41) is 2.96. The fourth-order valence-electron chi connectivity index (χ4n) is 3.58. The lowest BCUT2D eigenvalue weighted by molar-refractivity contribution is -0.140. The second-order valence-electron chi connectivity index (χ2n) is 7.95. The summed E-state index contributed by atoms with van der Waals surface area (Å²) in [6.45, 7) is 2.83. The topological polar surface area (TPSA) is 49.4 Å². The van der Waals surface area contributed by atoms with Gasteiger partial charge >= 0.3 is 0 Å². The average molecular weight is 511 g/mol. The first-order valence-corrected chi connectivity index (χ1v) is 11.9. The maximum absolute atomic E-state index is 13.5. The maximum atomic E-state index is 13.5. The molecule has 0 saturated carbocycles. The summed E-state index contributed by atoms with van der Waals surface area (Å²) < 4.78 is 14.3. The van der Waals surface area contributed by atoms with Gasteiger partial charge < -0.3 is 10.2 Å². The summed E-state index contributed by atoms with van der Waals surface area (Å²) in [5.74, 6) is -0.707. The highest BCUT2D eigenvalue weighted by Crippen LogP contribution is 2.18. The Balaban J connectivity index is 1.93. The van der Waals surface area contributed by atoms with Crippen LogP contribution in [0.2, 0.25) is 0 Å². The first-order valence-electron chi connectivity index (χ1n) is 11.1. The largest absolute Gasteiger partial charge is 0.354 e. The smallest absolute Gasteiger partial charge is 0.243 e. The fourth-order valence-corrected chi connectivity index (χ4v) is 3.85. The third kappa shape index (κ3) is 7.53. The molecule has 0 radical (unpaired) electrons. The van der Waals surface area contributed by atoms with Gasteiger partial charge in [0.25, 0.3) is 0 Å². The zero-order valence-corrected chi connectivity index (χ0v) is 20.2. The van der Waals surface area contributed by atoms with Crippen LogP contribution in [0, 0.1) is 5.82 Å². The minimum absolute atomic E-state index is 0.0865. The predicted octanol–water partition coefficient (Wildman–Crippen LogP) is 5.30. The lowest BCUT2D eigenvalue weighted by Gasteiger charge is -2.31. The summed E-state index contributed by atoms with van der Waals surface area (Å²) in [5.41, 5.74) is 2.60. The molecule has 0 unspecified atom stereocenters. The monoisotopic (exact) mass is 510 g/mol. The average Bonchev–Trinajstić information content (AvgIpc) is 2.83. The molecule has 0 aromatic heterocycles. The molecule has 0 aliphatic heterocycles. The van der Waals surface area contributed by atoms with Crippen LogP contribution in [0.5, 0.6) is 0 Å². The van der Waals surface area contributed by atoms with Gasteiger partial charge in [0, 0.05) is 24.0 Å². The summed E-state index contributed by atoms with van der Waals surface area (Å²) in [4.78, 5) is 28.4. The van der Waals surface area contributed by atoms with E-state index in [1.807, 2.05) is 61.5 Å². The van der Waals surface area contributed by atoms with Gasteiger partial charge in [-0.05, 0) is 47.4 Å². The Hall–Kier alpha value is -2.99. The molecular formula is C27H28BrFN2O2. The summed E-state index contributed by atoms with van der Waals surface area (Å²) in [6.07, 6.45) is 1.30. The quantitative estimate of drug-likeness (QED) is 0.402. The van der Waals surface area contributed by atoms with Crippen LogP contribution in [-0.2, 0) is 29.0 Å². The van der Waals surface area contributed by atoms with E-state index in [9.17, 15) is 14.0 Å². The number of carbonyl (C=O) groups excluding carboxylic acids is 2. The van der Waals surface area contributed by atoms with Gasteiger partial charge in [0.15, 0.2) is 0 Å². The molecule has 1 atom stereocenters. The number of hydrogen-bond donors (Lipinski definition) is 1. The normalized spacial score (nSPS) is 11.6. The van der Waals surface area contributed by atoms with E-state index in [0.29, 0.717) is 25.1 Å². The molecule has 0 heterocycles. The van der Waals surface area contributed by atoms with Gasteiger partial charge in [0.1, 0.15) is 11.9 Å². The zero-order valence-electron chi connectivity index (χ0n) is 18.6. The molecule has 0 saturated heterocycles. The van der Waals surface area contributed by atoms with E-state index in [1.165, 1.54) is 12.1 Å². The minimum Gasteiger partial charge on any atom is -0.354 e. The van der Waals surface area contributed by atoms with Crippen molar-refractivity contribution in [2.24, 2.45) is 0 Å². The van der Waals surface area contributed by atoms with Gasteiger partial charge in [-0.2, -0.15) is 0 Å². The Morgan fingerprint density at radius 2 is 1.55 bits per heavy atom. The van der Waals surface area contributed by atoms with E-state index in [2.05, 4.69) is 21.2 Å². The number of halogens is 2. The molecule has 3 aromatic rings. The number of nitrogens with one attached hydrogen (secondary N) is 1. The third-order valence-corrected chi connectivity index (χ3v) is 5.88. The second kappa shape index (κ2) is 12.3. The summed E-state index contributed by atoms with van der Waals surface area (Å²) in [7, 11) is 0. The minimum atomic E-state index is -0.671. The molecule has 6 heteroatoms. The number of amides is 2. The summed E-state index contributed by atoms with van der Waals surface area (Å²) >= 11 is 3.44. The number of rotatable bonds is 10. The second-order valence-corrected chi connectivity index (χ2v) is 8.86. The highest BCUT2D eigenvalue weighted by atomic mass is 79.9. The van der Waals surface area contributed by atoms with Gasteiger partial charge in [-0.3, -0.25) is 9.59 Å². The maximum Gasteiger partial charge on any atom is 0.243 e. The number of nitrogens with zero attached hydrogens (tertiary/aromatic N) is 1. The molecular weight excluding hydrogens is 483 g/mol. The Labute approximate surface area is 202 Å². The van der Waals surface area contributed by atoms with Gasteiger partial charge in [0.05, 0.1) is 6.42 Å². The highest BCUT2D eigenvalue weighted by molar-refractivity contribution is 9.10. The Morgan fingerprint density at radius 3 is 2.18 bits per heavy atom.